The quantitative estimate of drug-likeness (QED) is 0.792. The third-order valence-electron chi connectivity index (χ3n) is 2.61. The van der Waals surface area contributed by atoms with Crippen LogP contribution in [0.5, 0.6) is 0 Å². The fraction of sp³-hybridized carbons (Fsp3) is 0.889. The van der Waals surface area contributed by atoms with E-state index in [1.54, 1.807) is 0 Å². The van der Waals surface area contributed by atoms with Gasteiger partial charge in [-0.3, -0.25) is 4.79 Å². The summed E-state index contributed by atoms with van der Waals surface area (Å²) in [7, 11) is 0. The molecule has 1 aliphatic rings. The molecule has 0 radical (unpaired) electrons. The SMILES string of the molecule is O=C(CCC(F)(F)F)NC1(CBr)CCC1. The molecule has 88 valence electrons. The molecule has 0 aromatic rings. The van der Waals surface area contributed by atoms with Gasteiger partial charge in [0.1, 0.15) is 0 Å². The molecular formula is C9H13BrF3NO. The molecule has 1 amide bonds. The Balaban J connectivity index is 2.29. The first-order valence-corrected chi connectivity index (χ1v) is 5.93. The highest BCUT2D eigenvalue weighted by molar-refractivity contribution is 9.09. The van der Waals surface area contributed by atoms with Crippen LogP contribution in [0.2, 0.25) is 0 Å². The highest BCUT2D eigenvalue weighted by Gasteiger charge is 2.37. The summed E-state index contributed by atoms with van der Waals surface area (Å²) in [6.45, 7) is 0. The predicted octanol–water partition coefficient (Wildman–Crippen LogP) is 2.76. The van der Waals surface area contributed by atoms with Gasteiger partial charge in [0.05, 0.1) is 6.42 Å². The van der Waals surface area contributed by atoms with Crippen molar-refractivity contribution in [3.63, 3.8) is 0 Å². The van der Waals surface area contributed by atoms with E-state index in [0.29, 0.717) is 5.33 Å². The van der Waals surface area contributed by atoms with Crippen molar-refractivity contribution in [2.75, 3.05) is 5.33 Å². The number of nitrogens with one attached hydrogen (secondary N) is 1. The summed E-state index contributed by atoms with van der Waals surface area (Å²) in [6, 6.07) is 0. The van der Waals surface area contributed by atoms with E-state index in [2.05, 4.69) is 21.2 Å². The number of hydrogen-bond acceptors (Lipinski definition) is 1. The highest BCUT2D eigenvalue weighted by atomic mass is 79.9. The standard InChI is InChI=1S/C9H13BrF3NO/c10-6-8(3-1-4-8)14-7(15)2-5-9(11,12)13/h1-6H2,(H,14,15). The third-order valence-corrected chi connectivity index (χ3v) is 3.68. The minimum Gasteiger partial charge on any atom is -0.350 e. The molecule has 1 rings (SSSR count). The molecule has 6 heteroatoms. The van der Waals surface area contributed by atoms with Crippen LogP contribution >= 0.6 is 15.9 Å². The molecule has 0 heterocycles. The van der Waals surface area contributed by atoms with Gasteiger partial charge >= 0.3 is 6.18 Å². The van der Waals surface area contributed by atoms with Gasteiger partial charge in [-0.2, -0.15) is 13.2 Å². The van der Waals surface area contributed by atoms with Crippen molar-refractivity contribution in [1.29, 1.82) is 0 Å². The van der Waals surface area contributed by atoms with E-state index in [-0.39, 0.29) is 5.54 Å². The summed E-state index contributed by atoms with van der Waals surface area (Å²) >= 11 is 3.27. The highest BCUT2D eigenvalue weighted by Crippen LogP contribution is 2.33. The van der Waals surface area contributed by atoms with Crippen molar-refractivity contribution in [3.8, 4) is 0 Å². The second-order valence-corrected chi connectivity index (χ2v) is 4.49. The monoisotopic (exact) mass is 287 g/mol. The largest absolute Gasteiger partial charge is 0.389 e. The minimum absolute atomic E-state index is 0.289. The zero-order chi connectivity index (χ0) is 11.5. The molecule has 1 saturated carbocycles. The maximum absolute atomic E-state index is 11.8. The average Bonchev–Trinajstić information content (AvgIpc) is 2.07. The lowest BCUT2D eigenvalue weighted by Crippen LogP contribution is -2.54. The van der Waals surface area contributed by atoms with Crippen LogP contribution in [-0.4, -0.2) is 23.0 Å². The number of halogens is 4. The second-order valence-electron chi connectivity index (χ2n) is 3.93. The molecule has 1 fully saturated rings. The van der Waals surface area contributed by atoms with E-state index < -0.39 is 24.9 Å². The van der Waals surface area contributed by atoms with Gasteiger partial charge in [0.2, 0.25) is 5.91 Å². The Morgan fingerprint density at radius 1 is 1.40 bits per heavy atom. The maximum Gasteiger partial charge on any atom is 0.389 e. The van der Waals surface area contributed by atoms with Crippen molar-refractivity contribution < 1.29 is 18.0 Å². The zero-order valence-corrected chi connectivity index (χ0v) is 9.75. The number of amides is 1. The molecule has 1 aliphatic carbocycles. The molecule has 1 N–H and O–H groups in total. The topological polar surface area (TPSA) is 29.1 Å². The van der Waals surface area contributed by atoms with Gasteiger partial charge < -0.3 is 5.32 Å². The average molecular weight is 288 g/mol. The van der Waals surface area contributed by atoms with Crippen LogP contribution in [0.25, 0.3) is 0 Å². The van der Waals surface area contributed by atoms with Gasteiger partial charge in [0.25, 0.3) is 0 Å². The Labute approximate surface area is 94.7 Å². The van der Waals surface area contributed by atoms with E-state index in [1.807, 2.05) is 0 Å². The first kappa shape index (κ1) is 12.8. The Hall–Kier alpha value is -0.260. The van der Waals surface area contributed by atoms with Crippen LogP contribution in [-0.2, 0) is 4.79 Å². The van der Waals surface area contributed by atoms with Crippen LogP contribution in [0.4, 0.5) is 13.2 Å². The third kappa shape index (κ3) is 4.01. The Bertz CT molecular complexity index is 232. The van der Waals surface area contributed by atoms with Gasteiger partial charge in [0, 0.05) is 17.3 Å². The molecule has 2 nitrogen and oxygen atoms in total. The second kappa shape index (κ2) is 4.72. The van der Waals surface area contributed by atoms with Gasteiger partial charge in [-0.25, -0.2) is 0 Å². The molecule has 0 saturated heterocycles. The van der Waals surface area contributed by atoms with Crippen LogP contribution < -0.4 is 5.32 Å². The Kier molecular flexibility index (Phi) is 4.03. The molecular weight excluding hydrogens is 275 g/mol. The normalized spacial score (nSPS) is 19.5. The van der Waals surface area contributed by atoms with E-state index in [9.17, 15) is 18.0 Å². The van der Waals surface area contributed by atoms with E-state index in [1.165, 1.54) is 0 Å². The van der Waals surface area contributed by atoms with E-state index >= 15 is 0 Å². The Morgan fingerprint density at radius 3 is 2.33 bits per heavy atom. The molecule has 0 spiro atoms. The summed E-state index contributed by atoms with van der Waals surface area (Å²) < 4.78 is 35.5. The summed E-state index contributed by atoms with van der Waals surface area (Å²) in [5.74, 6) is -0.508. The summed E-state index contributed by atoms with van der Waals surface area (Å²) in [5, 5.41) is 3.28. The lowest BCUT2D eigenvalue weighted by molar-refractivity contribution is -0.145. The fourth-order valence-electron chi connectivity index (χ4n) is 1.51. The maximum atomic E-state index is 11.8. The van der Waals surface area contributed by atoms with Gasteiger partial charge in [0.15, 0.2) is 0 Å². The fourth-order valence-corrected chi connectivity index (χ4v) is 2.21. The van der Waals surface area contributed by atoms with Crippen molar-refractivity contribution >= 4 is 21.8 Å². The number of carbonyl (C=O) groups excluding carboxylic acids is 1. The first-order chi connectivity index (χ1) is 6.87. The van der Waals surface area contributed by atoms with Crippen molar-refractivity contribution in [1.82, 2.24) is 5.32 Å². The minimum atomic E-state index is -4.25. The lowest BCUT2D eigenvalue weighted by Gasteiger charge is -2.41. The van der Waals surface area contributed by atoms with Crippen molar-refractivity contribution in [3.05, 3.63) is 0 Å². The van der Waals surface area contributed by atoms with Crippen LogP contribution in [0.3, 0.4) is 0 Å². The molecule has 0 bridgehead atoms. The zero-order valence-electron chi connectivity index (χ0n) is 8.16. The van der Waals surface area contributed by atoms with Gasteiger partial charge in [-0.1, -0.05) is 15.9 Å². The van der Waals surface area contributed by atoms with Crippen LogP contribution in [0, 0.1) is 0 Å². The number of hydrogen-bond donors (Lipinski definition) is 1. The predicted molar refractivity (Wildman–Crippen MR) is 53.8 cm³/mol. The summed E-state index contributed by atoms with van der Waals surface area (Å²) in [4.78, 5) is 11.2. The number of carbonyl (C=O) groups is 1. The van der Waals surface area contributed by atoms with E-state index in [4.69, 9.17) is 0 Å². The van der Waals surface area contributed by atoms with Crippen molar-refractivity contribution in [2.24, 2.45) is 0 Å². The number of rotatable bonds is 4. The smallest absolute Gasteiger partial charge is 0.350 e. The summed E-state index contributed by atoms with van der Waals surface area (Å²) in [5.41, 5.74) is -0.289. The molecule has 15 heavy (non-hydrogen) atoms. The molecule has 0 atom stereocenters. The molecule has 0 aliphatic heterocycles. The van der Waals surface area contributed by atoms with Crippen molar-refractivity contribution in [2.45, 2.75) is 43.8 Å². The van der Waals surface area contributed by atoms with Crippen LogP contribution in [0.1, 0.15) is 32.1 Å². The lowest BCUT2D eigenvalue weighted by atomic mass is 9.78. The number of alkyl halides is 4. The van der Waals surface area contributed by atoms with Crippen LogP contribution in [0.15, 0.2) is 0 Å². The first-order valence-electron chi connectivity index (χ1n) is 4.81. The molecule has 0 aromatic carbocycles. The van der Waals surface area contributed by atoms with E-state index in [0.717, 1.165) is 19.3 Å². The Morgan fingerprint density at radius 2 is 2.00 bits per heavy atom. The molecule has 0 aromatic heterocycles. The molecule has 0 unspecified atom stereocenters. The summed E-state index contributed by atoms with van der Waals surface area (Å²) in [6.07, 6.45) is -3.06. The van der Waals surface area contributed by atoms with Gasteiger partial charge in [-0.05, 0) is 19.3 Å². The van der Waals surface area contributed by atoms with Gasteiger partial charge in [-0.15, -0.1) is 0 Å².